The van der Waals surface area contributed by atoms with Gasteiger partial charge in [-0.3, -0.25) is 4.79 Å². The molecule has 1 aromatic rings. The van der Waals surface area contributed by atoms with Gasteiger partial charge in [-0.1, -0.05) is 50.8 Å². The van der Waals surface area contributed by atoms with Crippen LogP contribution in [0.25, 0.3) is 0 Å². The molecule has 4 heteroatoms. The molecule has 1 atom stereocenters. The minimum atomic E-state index is -0.412. The lowest BCUT2D eigenvalue weighted by atomic mass is 10.1. The van der Waals surface area contributed by atoms with Crippen molar-refractivity contribution in [1.29, 1.82) is 0 Å². The highest BCUT2D eigenvalue weighted by Gasteiger charge is 2.21. The van der Waals surface area contributed by atoms with Crippen LogP contribution in [0.2, 0.25) is 0 Å². The van der Waals surface area contributed by atoms with Gasteiger partial charge in [-0.05, 0) is 37.9 Å². The van der Waals surface area contributed by atoms with Gasteiger partial charge >= 0.3 is 0 Å². The van der Waals surface area contributed by atoms with Crippen LogP contribution in [0.5, 0.6) is 0 Å². The fourth-order valence-corrected chi connectivity index (χ4v) is 3.02. The van der Waals surface area contributed by atoms with E-state index in [1.54, 1.807) is 0 Å². The molecule has 0 aromatic heterocycles. The van der Waals surface area contributed by atoms with Crippen LogP contribution in [0.3, 0.4) is 0 Å². The van der Waals surface area contributed by atoms with E-state index in [9.17, 15) is 4.79 Å². The Morgan fingerprint density at radius 1 is 1.22 bits per heavy atom. The minimum Gasteiger partial charge on any atom is -0.365 e. The highest BCUT2D eigenvalue weighted by molar-refractivity contribution is 5.94. The molecule has 1 aliphatic rings. The zero-order valence-electron chi connectivity index (χ0n) is 14.4. The number of hydrogen-bond acceptors (Lipinski definition) is 3. The molecule has 0 spiro atoms. The maximum absolute atomic E-state index is 12.4. The number of carbonyl (C=O) groups excluding carboxylic acids is 1. The van der Waals surface area contributed by atoms with Crippen LogP contribution < -0.4 is 10.6 Å². The molecule has 2 N–H and O–H groups in total. The molecule has 4 nitrogen and oxygen atoms in total. The third kappa shape index (κ3) is 5.96. The Balaban J connectivity index is 1.90. The van der Waals surface area contributed by atoms with Gasteiger partial charge in [0, 0.05) is 12.2 Å². The summed E-state index contributed by atoms with van der Waals surface area (Å²) in [6.07, 6.45) is 6.98. The number of rotatable bonds is 7. The van der Waals surface area contributed by atoms with Crippen molar-refractivity contribution in [1.82, 2.24) is 5.32 Å². The van der Waals surface area contributed by atoms with Crippen LogP contribution in [-0.2, 0) is 16.1 Å². The number of hydrogen-bond donors (Lipinski definition) is 2. The zero-order valence-corrected chi connectivity index (χ0v) is 14.4. The van der Waals surface area contributed by atoms with Gasteiger partial charge in [0.2, 0.25) is 0 Å². The van der Waals surface area contributed by atoms with Crippen LogP contribution in [-0.4, -0.2) is 24.7 Å². The van der Waals surface area contributed by atoms with E-state index in [2.05, 4.69) is 17.6 Å². The molecule has 1 aliphatic carbocycles. The summed E-state index contributed by atoms with van der Waals surface area (Å²) in [6.45, 7) is 5.59. The lowest BCUT2D eigenvalue weighted by molar-refractivity contribution is -0.130. The molecule has 1 saturated carbocycles. The van der Waals surface area contributed by atoms with E-state index in [1.165, 1.54) is 25.7 Å². The Hall–Kier alpha value is -1.39. The van der Waals surface area contributed by atoms with Crippen molar-refractivity contribution in [2.24, 2.45) is 0 Å². The maximum Gasteiger partial charge on any atom is 0.253 e. The monoisotopic (exact) mass is 318 g/mol. The number of benzene rings is 1. The SMILES string of the molecule is CCNCc1ccccc1NC(=O)C(C)OC1CCCCCC1. The van der Waals surface area contributed by atoms with E-state index >= 15 is 0 Å². The molecule has 128 valence electrons. The van der Waals surface area contributed by atoms with Gasteiger partial charge in [0.15, 0.2) is 0 Å². The number of nitrogens with one attached hydrogen (secondary N) is 2. The smallest absolute Gasteiger partial charge is 0.253 e. The van der Waals surface area contributed by atoms with Crippen LogP contribution in [0.1, 0.15) is 57.9 Å². The Morgan fingerprint density at radius 2 is 1.91 bits per heavy atom. The average molecular weight is 318 g/mol. The second-order valence-corrected chi connectivity index (χ2v) is 6.32. The van der Waals surface area contributed by atoms with E-state index < -0.39 is 6.10 Å². The summed E-state index contributed by atoms with van der Waals surface area (Å²) in [5.74, 6) is -0.0572. The summed E-state index contributed by atoms with van der Waals surface area (Å²) in [6, 6.07) is 7.92. The standard InChI is InChI=1S/C19H30N2O2/c1-3-20-14-16-10-8-9-13-18(16)21-19(22)15(2)23-17-11-6-4-5-7-12-17/h8-10,13,15,17,20H,3-7,11-12,14H2,1-2H3,(H,21,22). The Morgan fingerprint density at radius 3 is 2.61 bits per heavy atom. The summed E-state index contributed by atoms with van der Waals surface area (Å²) in [5, 5.41) is 6.32. The summed E-state index contributed by atoms with van der Waals surface area (Å²) in [5.41, 5.74) is 1.97. The van der Waals surface area contributed by atoms with Crippen molar-refractivity contribution >= 4 is 11.6 Å². The number of para-hydroxylation sites is 1. The number of amides is 1. The highest BCUT2D eigenvalue weighted by Crippen LogP contribution is 2.22. The number of ether oxygens (including phenoxy) is 1. The molecule has 1 aromatic carbocycles. The molecule has 23 heavy (non-hydrogen) atoms. The van der Waals surface area contributed by atoms with Gasteiger partial charge in [0.25, 0.3) is 5.91 Å². The van der Waals surface area contributed by atoms with E-state index in [1.807, 2.05) is 31.2 Å². The minimum absolute atomic E-state index is 0.0572. The van der Waals surface area contributed by atoms with Gasteiger partial charge in [0.1, 0.15) is 6.10 Å². The molecular weight excluding hydrogens is 288 g/mol. The van der Waals surface area contributed by atoms with Gasteiger partial charge < -0.3 is 15.4 Å². The maximum atomic E-state index is 12.4. The van der Waals surface area contributed by atoms with Gasteiger partial charge in [-0.15, -0.1) is 0 Å². The van der Waals surface area contributed by atoms with Gasteiger partial charge in [0.05, 0.1) is 6.10 Å². The second-order valence-electron chi connectivity index (χ2n) is 6.32. The van der Waals surface area contributed by atoms with E-state index in [4.69, 9.17) is 4.74 Å². The largest absolute Gasteiger partial charge is 0.365 e. The molecular formula is C19H30N2O2. The first-order valence-corrected chi connectivity index (χ1v) is 8.95. The van der Waals surface area contributed by atoms with E-state index in [0.717, 1.165) is 37.2 Å². The lowest BCUT2D eigenvalue weighted by Gasteiger charge is -2.21. The van der Waals surface area contributed by atoms with Crippen molar-refractivity contribution < 1.29 is 9.53 Å². The predicted octanol–water partition coefficient (Wildman–Crippen LogP) is 3.86. The summed E-state index contributed by atoms with van der Waals surface area (Å²) in [4.78, 5) is 12.4. The van der Waals surface area contributed by atoms with Crippen molar-refractivity contribution in [2.45, 2.75) is 71.1 Å². The van der Waals surface area contributed by atoms with Gasteiger partial charge in [-0.2, -0.15) is 0 Å². The topological polar surface area (TPSA) is 50.4 Å². The Labute approximate surface area is 140 Å². The van der Waals surface area contributed by atoms with E-state index in [0.29, 0.717) is 0 Å². The zero-order chi connectivity index (χ0) is 16.5. The second kappa shape index (κ2) is 9.68. The van der Waals surface area contributed by atoms with Crippen molar-refractivity contribution in [2.75, 3.05) is 11.9 Å². The normalized spacial score (nSPS) is 17.5. The highest BCUT2D eigenvalue weighted by atomic mass is 16.5. The van der Waals surface area contributed by atoms with Crippen molar-refractivity contribution in [3.05, 3.63) is 29.8 Å². The van der Waals surface area contributed by atoms with Crippen LogP contribution >= 0.6 is 0 Å². The third-order valence-corrected chi connectivity index (χ3v) is 4.41. The fraction of sp³-hybridized carbons (Fsp3) is 0.632. The Bertz CT molecular complexity index is 482. The lowest BCUT2D eigenvalue weighted by Crippen LogP contribution is -2.32. The van der Waals surface area contributed by atoms with Crippen LogP contribution in [0, 0.1) is 0 Å². The quantitative estimate of drug-likeness (QED) is 0.751. The molecule has 0 heterocycles. The predicted molar refractivity (Wildman–Crippen MR) is 94.5 cm³/mol. The van der Waals surface area contributed by atoms with Crippen LogP contribution in [0.4, 0.5) is 5.69 Å². The van der Waals surface area contributed by atoms with Gasteiger partial charge in [-0.25, -0.2) is 0 Å². The molecule has 2 rings (SSSR count). The molecule has 0 bridgehead atoms. The molecule has 1 unspecified atom stereocenters. The molecule has 1 fully saturated rings. The average Bonchev–Trinajstić information content (AvgIpc) is 2.82. The number of anilines is 1. The molecule has 0 saturated heterocycles. The third-order valence-electron chi connectivity index (χ3n) is 4.41. The molecule has 0 radical (unpaired) electrons. The fourth-order valence-electron chi connectivity index (χ4n) is 3.02. The van der Waals surface area contributed by atoms with Crippen LogP contribution in [0.15, 0.2) is 24.3 Å². The van der Waals surface area contributed by atoms with Crippen molar-refractivity contribution in [3.8, 4) is 0 Å². The Kier molecular flexibility index (Phi) is 7.56. The first-order chi connectivity index (χ1) is 11.2. The number of carbonyl (C=O) groups is 1. The first kappa shape index (κ1) is 18.0. The van der Waals surface area contributed by atoms with E-state index in [-0.39, 0.29) is 12.0 Å². The molecule has 0 aliphatic heterocycles. The molecule has 1 amide bonds. The van der Waals surface area contributed by atoms with Crippen molar-refractivity contribution in [3.63, 3.8) is 0 Å². The summed E-state index contributed by atoms with van der Waals surface area (Å²) >= 11 is 0. The summed E-state index contributed by atoms with van der Waals surface area (Å²) in [7, 11) is 0. The summed E-state index contributed by atoms with van der Waals surface area (Å²) < 4.78 is 6.00. The first-order valence-electron chi connectivity index (χ1n) is 8.95.